The highest BCUT2D eigenvalue weighted by atomic mass is 32.2. The van der Waals surface area contributed by atoms with Crippen LogP contribution in [0.3, 0.4) is 0 Å². The van der Waals surface area contributed by atoms with E-state index >= 15 is 0 Å². The number of sulfonamides is 1. The van der Waals surface area contributed by atoms with Crippen LogP contribution >= 0.6 is 11.3 Å². The molecule has 2 heterocycles. The van der Waals surface area contributed by atoms with Crippen molar-refractivity contribution in [1.82, 2.24) is 14.2 Å². The van der Waals surface area contributed by atoms with E-state index in [0.717, 1.165) is 22.5 Å². The van der Waals surface area contributed by atoms with Gasteiger partial charge in [-0.25, -0.2) is 22.2 Å². The van der Waals surface area contributed by atoms with E-state index in [9.17, 15) is 26.8 Å². The molecule has 8 nitrogen and oxygen atoms in total. The largest absolute Gasteiger partial charge is 0.328 e. The Kier molecular flexibility index (Phi) is 6.04. The van der Waals surface area contributed by atoms with Gasteiger partial charge in [0.1, 0.15) is 17.7 Å². The van der Waals surface area contributed by atoms with Crippen LogP contribution in [-0.4, -0.2) is 65.3 Å². The molecule has 2 amide bonds. The quantitative estimate of drug-likeness (QED) is 0.663. The summed E-state index contributed by atoms with van der Waals surface area (Å²) in [4.78, 5) is 31.1. The molecule has 4 rings (SSSR count). The Labute approximate surface area is 181 Å². The number of anilines is 1. The molecule has 2 fully saturated rings. The molecule has 0 bridgehead atoms. The van der Waals surface area contributed by atoms with Gasteiger partial charge in [0.2, 0.25) is 21.8 Å². The number of nitrogens with one attached hydrogen (secondary N) is 1. The lowest BCUT2D eigenvalue weighted by Crippen LogP contribution is -2.58. The summed E-state index contributed by atoms with van der Waals surface area (Å²) in [5.74, 6) is -2.68. The molecular weight excluding hydrogens is 450 g/mol. The maximum Gasteiger partial charge on any atom is 0.249 e. The summed E-state index contributed by atoms with van der Waals surface area (Å²) in [5, 5.41) is 4.16. The smallest absolute Gasteiger partial charge is 0.249 e. The molecule has 1 aliphatic carbocycles. The third-order valence-electron chi connectivity index (χ3n) is 5.22. The molecule has 2 aliphatic rings. The van der Waals surface area contributed by atoms with Crippen molar-refractivity contribution in [2.75, 3.05) is 25.0 Å². The van der Waals surface area contributed by atoms with Crippen LogP contribution in [0, 0.1) is 11.6 Å². The van der Waals surface area contributed by atoms with Crippen LogP contribution in [0.2, 0.25) is 0 Å². The zero-order valence-corrected chi connectivity index (χ0v) is 18.0. The average Bonchev–Trinajstić information content (AvgIpc) is 3.45. The van der Waals surface area contributed by atoms with Crippen LogP contribution in [0.25, 0.3) is 0 Å². The fourth-order valence-electron chi connectivity index (χ4n) is 3.56. The molecule has 166 valence electrons. The first kappa shape index (κ1) is 21.8. The molecule has 1 saturated carbocycles. The molecular formula is C19H20F2N4O4S2. The molecule has 1 atom stereocenters. The molecule has 12 heteroatoms. The van der Waals surface area contributed by atoms with Crippen molar-refractivity contribution in [3.8, 4) is 0 Å². The number of amides is 2. The first-order chi connectivity index (χ1) is 14.7. The van der Waals surface area contributed by atoms with Gasteiger partial charge < -0.3 is 10.2 Å². The molecule has 31 heavy (non-hydrogen) atoms. The van der Waals surface area contributed by atoms with E-state index in [4.69, 9.17) is 0 Å². The van der Waals surface area contributed by atoms with Gasteiger partial charge in [-0.15, -0.1) is 11.3 Å². The van der Waals surface area contributed by atoms with Crippen LogP contribution in [0.4, 0.5) is 13.9 Å². The predicted octanol–water partition coefficient (Wildman–Crippen LogP) is 1.61. The number of thiazole rings is 1. The van der Waals surface area contributed by atoms with Gasteiger partial charge in [-0.1, -0.05) is 0 Å². The maximum atomic E-state index is 13.7. The molecule has 1 aromatic carbocycles. The molecule has 1 saturated heterocycles. The molecule has 0 spiro atoms. The first-order valence-electron chi connectivity index (χ1n) is 9.68. The van der Waals surface area contributed by atoms with E-state index in [1.165, 1.54) is 22.4 Å². The van der Waals surface area contributed by atoms with Crippen molar-refractivity contribution < 1.29 is 26.8 Å². The van der Waals surface area contributed by atoms with Gasteiger partial charge in [-0.2, -0.15) is 4.31 Å². The van der Waals surface area contributed by atoms with Crippen LogP contribution in [0.15, 0.2) is 29.8 Å². The maximum absolute atomic E-state index is 13.7. The number of carbonyl (C=O) groups is 2. The van der Waals surface area contributed by atoms with E-state index in [1.807, 2.05) is 0 Å². The Bertz CT molecular complexity index is 1070. The minimum Gasteiger partial charge on any atom is -0.328 e. The van der Waals surface area contributed by atoms with E-state index in [0.29, 0.717) is 18.0 Å². The Balaban J connectivity index is 1.56. The van der Waals surface area contributed by atoms with Crippen molar-refractivity contribution in [3.63, 3.8) is 0 Å². The summed E-state index contributed by atoms with van der Waals surface area (Å²) < 4.78 is 53.4. The molecule has 1 aromatic heterocycles. The molecule has 2 aromatic rings. The number of nitrogens with zero attached hydrogens (tertiary/aromatic N) is 3. The van der Waals surface area contributed by atoms with Crippen molar-refractivity contribution in [3.05, 3.63) is 47.0 Å². The van der Waals surface area contributed by atoms with Gasteiger partial charge >= 0.3 is 0 Å². The highest BCUT2D eigenvalue weighted by molar-refractivity contribution is 7.90. The summed E-state index contributed by atoms with van der Waals surface area (Å²) >= 11 is 1.19. The van der Waals surface area contributed by atoms with Gasteiger partial charge in [0.15, 0.2) is 5.13 Å². The summed E-state index contributed by atoms with van der Waals surface area (Å²) in [5.41, 5.74) is 0.206. The van der Waals surface area contributed by atoms with Crippen LogP contribution < -0.4 is 5.32 Å². The normalized spacial score (nSPS) is 18.8. The molecule has 1 unspecified atom stereocenters. The number of hydrogen-bond donors (Lipinski definition) is 1. The second-order valence-electron chi connectivity index (χ2n) is 7.49. The summed E-state index contributed by atoms with van der Waals surface area (Å²) in [6.07, 6.45) is 2.54. The number of aromatic nitrogens is 1. The van der Waals surface area contributed by atoms with Crippen LogP contribution in [0.1, 0.15) is 18.4 Å². The van der Waals surface area contributed by atoms with E-state index in [1.54, 1.807) is 5.38 Å². The molecule has 1 aliphatic heterocycles. The third kappa shape index (κ3) is 4.91. The molecule has 0 radical (unpaired) electrons. The van der Waals surface area contributed by atoms with Crippen molar-refractivity contribution in [2.45, 2.75) is 30.6 Å². The van der Waals surface area contributed by atoms with Crippen LogP contribution in [-0.2, 0) is 26.0 Å². The number of halogens is 2. The fraction of sp³-hybridized carbons (Fsp3) is 0.421. The van der Waals surface area contributed by atoms with Gasteiger partial charge in [0, 0.05) is 37.2 Å². The second kappa shape index (κ2) is 8.60. The Morgan fingerprint density at radius 2 is 1.94 bits per heavy atom. The van der Waals surface area contributed by atoms with Crippen molar-refractivity contribution in [1.29, 1.82) is 0 Å². The monoisotopic (exact) mass is 470 g/mol. The Hall–Kier alpha value is -2.44. The lowest BCUT2D eigenvalue weighted by molar-refractivity contribution is -0.141. The van der Waals surface area contributed by atoms with Crippen LogP contribution in [0.5, 0.6) is 0 Å². The number of carbonyl (C=O) groups excluding carboxylic acids is 2. The fourth-order valence-corrected chi connectivity index (χ4v) is 5.87. The predicted molar refractivity (Wildman–Crippen MR) is 110 cm³/mol. The summed E-state index contributed by atoms with van der Waals surface area (Å²) in [7, 11) is -3.52. The van der Waals surface area contributed by atoms with E-state index < -0.39 is 44.8 Å². The first-order valence-corrected chi connectivity index (χ1v) is 12.1. The van der Waals surface area contributed by atoms with Gasteiger partial charge in [-0.3, -0.25) is 9.59 Å². The number of hydrogen-bond acceptors (Lipinski definition) is 6. The summed E-state index contributed by atoms with van der Waals surface area (Å²) in [6.45, 7) is -0.307. The zero-order chi connectivity index (χ0) is 22.2. The minimum atomic E-state index is -3.52. The Morgan fingerprint density at radius 3 is 2.52 bits per heavy atom. The number of rotatable bonds is 7. The molecule has 1 N–H and O–H groups in total. The van der Waals surface area contributed by atoms with E-state index in [2.05, 4.69) is 10.3 Å². The topological polar surface area (TPSA) is 99.7 Å². The van der Waals surface area contributed by atoms with Gasteiger partial charge in [-0.05, 0) is 30.5 Å². The average molecular weight is 471 g/mol. The standard InChI is InChI=1S/C19H20F2N4O4S2/c20-13-7-12(8-14(21)10-13)9-16(18(27)23-19-22-3-6-30-19)25-5-4-24(11-17(25)26)31(28,29)15-1-2-15/h3,6-8,10,15-16H,1-2,4-5,9,11H2,(H,22,23,27). The lowest BCUT2D eigenvalue weighted by Gasteiger charge is -2.38. The minimum absolute atomic E-state index is 0.00145. The lowest BCUT2D eigenvalue weighted by atomic mass is 10.0. The van der Waals surface area contributed by atoms with Gasteiger partial charge in [0.25, 0.3) is 0 Å². The van der Waals surface area contributed by atoms with Crippen molar-refractivity contribution in [2.24, 2.45) is 0 Å². The SMILES string of the molecule is O=C(Nc1nccs1)C(Cc1cc(F)cc(F)c1)N1CCN(S(=O)(=O)C2CC2)CC1=O. The highest BCUT2D eigenvalue weighted by Crippen LogP contribution is 2.32. The highest BCUT2D eigenvalue weighted by Gasteiger charge is 2.44. The zero-order valence-electron chi connectivity index (χ0n) is 16.3. The van der Waals surface area contributed by atoms with E-state index in [-0.39, 0.29) is 31.6 Å². The van der Waals surface area contributed by atoms with Crippen molar-refractivity contribution >= 4 is 38.3 Å². The Morgan fingerprint density at radius 1 is 1.23 bits per heavy atom. The third-order valence-corrected chi connectivity index (χ3v) is 8.25. The second-order valence-corrected chi connectivity index (χ2v) is 10.6. The number of piperazine rings is 1. The number of benzene rings is 1. The van der Waals surface area contributed by atoms with Gasteiger partial charge in [0.05, 0.1) is 11.8 Å². The summed E-state index contributed by atoms with van der Waals surface area (Å²) in [6, 6.07) is 1.85.